The van der Waals surface area contributed by atoms with Crippen LogP contribution in [0.15, 0.2) is 58.5 Å². The molecule has 0 unspecified atom stereocenters. The first-order chi connectivity index (χ1) is 20.2. The number of phenols is 1. The monoisotopic (exact) mass is 607 g/mol. The number of aromatic nitrogens is 1. The molecule has 3 fully saturated rings. The van der Waals surface area contributed by atoms with Crippen LogP contribution in [0.4, 0.5) is 5.69 Å². The second-order valence-corrected chi connectivity index (χ2v) is 15.7. The lowest BCUT2D eigenvalue weighted by molar-refractivity contribution is -0.187. The standard InChI is InChI=1S/C31H41N5O4SSi/c1-33-17-19-35(20-18-33)24-9-13-34(14-10-24)23-11-15-36(16-12-23)31-28-21-27(42(2)40)7-8-29(28)32-22-30(31)41(38,39)26-5-3-25(37)4-6-26/h3-8,21-24,37H,9-20H2,1-2H3/q-1. The van der Waals surface area contributed by atoms with Crippen molar-refractivity contribution < 1.29 is 18.3 Å². The van der Waals surface area contributed by atoms with Crippen LogP contribution in [-0.4, -0.2) is 114 Å². The number of fused-ring (bicyclic) bond motifs is 1. The van der Waals surface area contributed by atoms with Crippen molar-refractivity contribution in [2.24, 2.45) is 0 Å². The molecule has 6 rings (SSSR count). The predicted octanol–water partition coefficient (Wildman–Crippen LogP) is 1.64. The fourth-order valence-electron chi connectivity index (χ4n) is 6.91. The van der Waals surface area contributed by atoms with Gasteiger partial charge in [-0.15, -0.1) is 0 Å². The van der Waals surface area contributed by atoms with Crippen molar-refractivity contribution in [1.29, 1.82) is 0 Å². The number of piperidine rings is 2. The average molecular weight is 608 g/mol. The second kappa shape index (κ2) is 12.2. The SMILES string of the molecule is CN1CCN(C2CCN(C3CCN(c4c(S(=O)(=O)c5ccc(O)cc5)cnc5ccc([Si](C)[O-])cc45)CC3)CC2)CC1. The van der Waals surface area contributed by atoms with Gasteiger partial charge in [-0.1, -0.05) is 23.9 Å². The number of phenolic OH excluding ortho intramolecular Hbond substituents is 1. The van der Waals surface area contributed by atoms with Gasteiger partial charge in [0.1, 0.15) is 10.6 Å². The number of sulfone groups is 1. The molecule has 0 spiro atoms. The first-order valence-electron chi connectivity index (χ1n) is 15.1. The molecule has 0 amide bonds. The van der Waals surface area contributed by atoms with E-state index in [1.807, 2.05) is 18.2 Å². The van der Waals surface area contributed by atoms with Crippen LogP contribution < -0.4 is 14.9 Å². The molecule has 3 aliphatic rings. The highest BCUT2D eigenvalue weighted by Gasteiger charge is 2.33. The summed E-state index contributed by atoms with van der Waals surface area (Å²) in [6.07, 6.45) is 5.82. The van der Waals surface area contributed by atoms with Gasteiger partial charge in [0, 0.05) is 62.9 Å². The Kier molecular flexibility index (Phi) is 8.59. The lowest BCUT2D eigenvalue weighted by atomic mass is 9.96. The number of anilines is 1. The van der Waals surface area contributed by atoms with Crippen molar-refractivity contribution >= 4 is 40.7 Å². The van der Waals surface area contributed by atoms with E-state index >= 15 is 0 Å². The van der Waals surface area contributed by atoms with Crippen LogP contribution in [-0.2, 0) is 9.84 Å². The second-order valence-electron chi connectivity index (χ2n) is 12.1. The van der Waals surface area contributed by atoms with Crippen molar-refractivity contribution in [3.63, 3.8) is 0 Å². The Morgan fingerprint density at radius 1 is 0.857 bits per heavy atom. The third-order valence-electron chi connectivity index (χ3n) is 9.50. The predicted molar refractivity (Wildman–Crippen MR) is 165 cm³/mol. The van der Waals surface area contributed by atoms with E-state index in [1.54, 1.807) is 6.55 Å². The Morgan fingerprint density at radius 3 is 2.07 bits per heavy atom. The molecule has 1 N–H and O–H groups in total. The van der Waals surface area contributed by atoms with Crippen molar-refractivity contribution in [3.05, 3.63) is 48.7 Å². The van der Waals surface area contributed by atoms with Crippen molar-refractivity contribution in [1.82, 2.24) is 19.7 Å². The lowest BCUT2D eigenvalue weighted by Gasteiger charge is -2.46. The molecule has 11 heteroatoms. The Bertz CT molecular complexity index is 1500. The Labute approximate surface area is 251 Å². The van der Waals surface area contributed by atoms with Gasteiger partial charge in [-0.2, -0.15) is 0 Å². The van der Waals surface area contributed by atoms with Gasteiger partial charge in [0.2, 0.25) is 9.84 Å². The van der Waals surface area contributed by atoms with E-state index in [2.05, 4.69) is 31.6 Å². The normalized spacial score (nSPS) is 21.0. The van der Waals surface area contributed by atoms with Crippen LogP contribution in [0.5, 0.6) is 5.75 Å². The summed E-state index contributed by atoms with van der Waals surface area (Å²) in [6, 6.07) is 12.3. The minimum atomic E-state index is -3.92. The van der Waals surface area contributed by atoms with E-state index in [0.29, 0.717) is 28.5 Å². The zero-order valence-corrected chi connectivity index (χ0v) is 26.4. The van der Waals surface area contributed by atoms with Gasteiger partial charge in [-0.05, 0) is 85.2 Å². The molecule has 3 aromatic rings. The molecule has 4 heterocycles. The van der Waals surface area contributed by atoms with Crippen LogP contribution in [0, 0.1) is 0 Å². The van der Waals surface area contributed by atoms with E-state index < -0.39 is 18.9 Å². The summed E-state index contributed by atoms with van der Waals surface area (Å²) in [5.41, 5.74) is 1.33. The minimum absolute atomic E-state index is 0.0122. The number of benzene rings is 2. The summed E-state index contributed by atoms with van der Waals surface area (Å²) in [4.78, 5) is 27.2. The zero-order valence-electron chi connectivity index (χ0n) is 24.6. The molecular weight excluding hydrogens is 567 g/mol. The van der Waals surface area contributed by atoms with Gasteiger partial charge in [0.25, 0.3) is 0 Å². The van der Waals surface area contributed by atoms with Crippen molar-refractivity contribution in [2.45, 2.75) is 54.1 Å². The third kappa shape index (κ3) is 5.95. The molecule has 0 saturated carbocycles. The van der Waals surface area contributed by atoms with E-state index in [1.165, 1.54) is 56.4 Å². The molecule has 225 valence electrons. The lowest BCUT2D eigenvalue weighted by Crippen LogP contribution is -2.54. The minimum Gasteiger partial charge on any atom is -0.857 e. The Hall–Kier alpha value is -2.54. The van der Waals surface area contributed by atoms with Crippen LogP contribution in [0.3, 0.4) is 0 Å². The Balaban J connectivity index is 1.23. The summed E-state index contributed by atoms with van der Waals surface area (Å²) < 4.78 is 27.9. The van der Waals surface area contributed by atoms with Gasteiger partial charge in [-0.25, -0.2) is 8.42 Å². The number of piperazine rings is 1. The number of hydrogen-bond donors (Lipinski definition) is 1. The molecule has 0 bridgehead atoms. The molecule has 0 atom stereocenters. The smallest absolute Gasteiger partial charge is 0.210 e. The van der Waals surface area contributed by atoms with Crippen LogP contribution >= 0.6 is 0 Å². The molecule has 3 saturated heterocycles. The molecule has 1 aromatic heterocycles. The van der Waals surface area contributed by atoms with Crippen molar-refractivity contribution in [2.75, 3.05) is 64.3 Å². The quantitative estimate of drug-likeness (QED) is 0.419. The highest BCUT2D eigenvalue weighted by atomic mass is 32.2. The van der Waals surface area contributed by atoms with Crippen LogP contribution in [0.25, 0.3) is 10.9 Å². The number of rotatable bonds is 6. The van der Waals surface area contributed by atoms with Gasteiger partial charge < -0.3 is 24.6 Å². The van der Waals surface area contributed by atoms with Gasteiger partial charge >= 0.3 is 0 Å². The third-order valence-corrected chi connectivity index (χ3v) is 12.4. The topological polar surface area (TPSA) is 103 Å². The number of likely N-dealkylation sites (tertiary alicyclic amines) is 1. The molecule has 0 aliphatic carbocycles. The van der Waals surface area contributed by atoms with Crippen molar-refractivity contribution in [3.8, 4) is 5.75 Å². The number of likely N-dealkylation sites (N-methyl/N-ethyl adjacent to an activating group) is 1. The van der Waals surface area contributed by atoms with E-state index in [4.69, 9.17) is 0 Å². The van der Waals surface area contributed by atoms with Gasteiger partial charge in [0.05, 0.1) is 16.1 Å². The summed E-state index contributed by atoms with van der Waals surface area (Å²) in [7, 11) is -3.69. The van der Waals surface area contributed by atoms with E-state index in [-0.39, 0.29) is 15.5 Å². The molecule has 1 radical (unpaired) electrons. The average Bonchev–Trinajstić information content (AvgIpc) is 3.01. The fourth-order valence-corrected chi connectivity index (χ4v) is 9.01. The summed E-state index contributed by atoms with van der Waals surface area (Å²) >= 11 is 0. The highest BCUT2D eigenvalue weighted by molar-refractivity contribution is 7.91. The van der Waals surface area contributed by atoms with E-state index in [0.717, 1.165) is 57.5 Å². The number of aromatic hydroxyl groups is 1. The first kappa shape index (κ1) is 29.5. The zero-order chi connectivity index (χ0) is 29.4. The van der Waals surface area contributed by atoms with Crippen LogP contribution in [0.2, 0.25) is 6.55 Å². The molecule has 2 aromatic carbocycles. The molecule has 3 aliphatic heterocycles. The first-order valence-corrected chi connectivity index (χ1v) is 18.5. The molecular formula is C31H41N5O4SSi-. The van der Waals surface area contributed by atoms with E-state index in [9.17, 15) is 18.3 Å². The number of hydrogen-bond acceptors (Lipinski definition) is 9. The summed E-state index contributed by atoms with van der Waals surface area (Å²) in [5.74, 6) is 0.0122. The van der Waals surface area contributed by atoms with Gasteiger partial charge in [-0.3, -0.25) is 9.88 Å². The Morgan fingerprint density at radius 2 is 1.45 bits per heavy atom. The number of nitrogens with zero attached hydrogens (tertiary/aromatic N) is 5. The summed E-state index contributed by atoms with van der Waals surface area (Å²) in [5, 5.41) is 11.2. The summed E-state index contributed by atoms with van der Waals surface area (Å²) in [6.45, 7) is 10.1. The molecule has 42 heavy (non-hydrogen) atoms. The number of pyridine rings is 1. The molecule has 9 nitrogen and oxygen atoms in total. The maximum Gasteiger partial charge on any atom is 0.210 e. The largest absolute Gasteiger partial charge is 0.857 e. The van der Waals surface area contributed by atoms with Crippen LogP contribution in [0.1, 0.15) is 25.7 Å². The maximum atomic E-state index is 13.9. The highest BCUT2D eigenvalue weighted by Crippen LogP contribution is 2.38. The fraction of sp³-hybridized carbons (Fsp3) is 0.516. The maximum absolute atomic E-state index is 13.9. The van der Waals surface area contributed by atoms with Gasteiger partial charge in [0.15, 0.2) is 0 Å².